The quantitative estimate of drug-likeness (QED) is 0.774. The molecule has 1 fully saturated rings. The number of sulfonamides is 1. The van der Waals surface area contributed by atoms with E-state index in [1.165, 1.54) is 24.3 Å². The number of carbonyl (C=O) groups is 2. The van der Waals surface area contributed by atoms with Crippen LogP contribution in [-0.4, -0.2) is 26.8 Å². The molecule has 0 atom stereocenters. The van der Waals surface area contributed by atoms with Gasteiger partial charge >= 0.3 is 0 Å². The van der Waals surface area contributed by atoms with Gasteiger partial charge in [0, 0.05) is 24.2 Å². The molecule has 3 rings (SSSR count). The zero-order valence-electron chi connectivity index (χ0n) is 13.6. The van der Waals surface area contributed by atoms with Crippen LogP contribution in [-0.2, 0) is 14.8 Å². The number of benzene rings is 2. The number of hydrogen-bond acceptors (Lipinski definition) is 4. The molecule has 136 valence electrons. The van der Waals surface area contributed by atoms with E-state index in [0.29, 0.717) is 18.7 Å². The molecule has 0 radical (unpaired) electrons. The molecule has 0 unspecified atom stereocenters. The lowest BCUT2D eigenvalue weighted by Gasteiger charge is -2.16. The smallest absolute Gasteiger partial charge is 0.266 e. The molecule has 2 aromatic carbocycles. The van der Waals surface area contributed by atoms with Crippen LogP contribution >= 0.6 is 0 Å². The van der Waals surface area contributed by atoms with Crippen molar-refractivity contribution < 1.29 is 22.4 Å². The van der Waals surface area contributed by atoms with Gasteiger partial charge in [-0.1, -0.05) is 0 Å². The predicted octanol–water partition coefficient (Wildman–Crippen LogP) is 1.58. The van der Waals surface area contributed by atoms with Gasteiger partial charge in [0.05, 0.1) is 4.90 Å². The molecule has 2 N–H and O–H groups in total. The van der Waals surface area contributed by atoms with Crippen molar-refractivity contribution in [2.24, 2.45) is 0 Å². The summed E-state index contributed by atoms with van der Waals surface area (Å²) in [6, 6.07) is 10.5. The summed E-state index contributed by atoms with van der Waals surface area (Å²) in [5, 5.41) is 0. The van der Waals surface area contributed by atoms with Crippen molar-refractivity contribution >= 4 is 27.5 Å². The Hall–Kier alpha value is -2.78. The lowest BCUT2D eigenvalue weighted by molar-refractivity contribution is -0.117. The van der Waals surface area contributed by atoms with E-state index in [9.17, 15) is 22.4 Å². The van der Waals surface area contributed by atoms with Gasteiger partial charge in [0.2, 0.25) is 5.91 Å². The second kappa shape index (κ2) is 7.22. The molecule has 0 aliphatic carbocycles. The summed E-state index contributed by atoms with van der Waals surface area (Å²) < 4.78 is 37.4. The van der Waals surface area contributed by atoms with E-state index in [2.05, 4.69) is 5.43 Å². The van der Waals surface area contributed by atoms with Crippen LogP contribution in [0, 0.1) is 5.82 Å². The Morgan fingerprint density at radius 2 is 1.69 bits per heavy atom. The van der Waals surface area contributed by atoms with Crippen LogP contribution in [0.1, 0.15) is 23.2 Å². The summed E-state index contributed by atoms with van der Waals surface area (Å²) in [5.74, 6) is -1.21. The first kappa shape index (κ1) is 18.0. The fourth-order valence-electron chi connectivity index (χ4n) is 2.57. The lowest BCUT2D eigenvalue weighted by atomic mass is 10.2. The highest BCUT2D eigenvalue weighted by Crippen LogP contribution is 2.22. The van der Waals surface area contributed by atoms with E-state index >= 15 is 0 Å². The van der Waals surface area contributed by atoms with Crippen molar-refractivity contribution in [3.63, 3.8) is 0 Å². The molecule has 1 aliphatic rings. The Kier molecular flexibility index (Phi) is 5.01. The predicted molar refractivity (Wildman–Crippen MR) is 92.2 cm³/mol. The molecular formula is C17H16FN3O4S. The van der Waals surface area contributed by atoms with Crippen LogP contribution in [0.25, 0.3) is 0 Å². The minimum atomic E-state index is -3.98. The van der Waals surface area contributed by atoms with Gasteiger partial charge in [0.15, 0.2) is 0 Å². The first-order chi connectivity index (χ1) is 12.4. The highest BCUT2D eigenvalue weighted by atomic mass is 32.2. The van der Waals surface area contributed by atoms with Gasteiger partial charge < -0.3 is 4.90 Å². The molecule has 0 saturated carbocycles. The Bertz CT molecular complexity index is 927. The molecule has 2 aromatic rings. The van der Waals surface area contributed by atoms with Gasteiger partial charge in [-0.2, -0.15) is 0 Å². The molecule has 0 bridgehead atoms. The minimum Gasteiger partial charge on any atom is -0.312 e. The zero-order valence-corrected chi connectivity index (χ0v) is 14.4. The summed E-state index contributed by atoms with van der Waals surface area (Å²) >= 11 is 0. The molecule has 1 saturated heterocycles. The van der Waals surface area contributed by atoms with Crippen LogP contribution in [0.5, 0.6) is 0 Å². The van der Waals surface area contributed by atoms with Crippen LogP contribution in [0.4, 0.5) is 10.1 Å². The SMILES string of the molecule is O=C(NNS(=O)(=O)c1ccc(N2CCCC2=O)cc1)c1ccc(F)cc1. The fraction of sp³-hybridized carbons (Fsp3) is 0.176. The number of rotatable bonds is 5. The van der Waals surface area contributed by atoms with E-state index < -0.39 is 21.7 Å². The van der Waals surface area contributed by atoms with Crippen molar-refractivity contribution in [2.45, 2.75) is 17.7 Å². The Labute approximate surface area is 149 Å². The van der Waals surface area contributed by atoms with Gasteiger partial charge in [-0.3, -0.25) is 15.0 Å². The molecule has 9 heteroatoms. The molecule has 7 nitrogen and oxygen atoms in total. The maximum absolute atomic E-state index is 12.8. The normalized spacial score (nSPS) is 14.5. The molecule has 0 spiro atoms. The topological polar surface area (TPSA) is 95.6 Å². The fourth-order valence-corrected chi connectivity index (χ4v) is 3.41. The van der Waals surface area contributed by atoms with Crippen molar-refractivity contribution in [1.82, 2.24) is 10.3 Å². The van der Waals surface area contributed by atoms with Crippen molar-refractivity contribution in [1.29, 1.82) is 0 Å². The summed E-state index contributed by atoms with van der Waals surface area (Å²) in [7, 11) is -3.98. The number of hydrogen-bond donors (Lipinski definition) is 2. The van der Waals surface area contributed by atoms with Crippen LogP contribution in [0.3, 0.4) is 0 Å². The average Bonchev–Trinajstić information content (AvgIpc) is 3.06. The number of carbonyl (C=O) groups excluding carboxylic acids is 2. The molecule has 0 aromatic heterocycles. The standard InChI is InChI=1S/C17H16FN3O4S/c18-13-5-3-12(4-6-13)17(23)19-20-26(24,25)15-9-7-14(8-10-15)21-11-1-2-16(21)22/h3-10,20H,1-2,11H2,(H,19,23). The van der Waals surface area contributed by atoms with Gasteiger partial charge in [0.25, 0.3) is 15.9 Å². The largest absolute Gasteiger partial charge is 0.312 e. The number of hydrazine groups is 1. The highest BCUT2D eigenvalue weighted by Gasteiger charge is 2.22. The number of anilines is 1. The van der Waals surface area contributed by atoms with Crippen LogP contribution < -0.4 is 15.2 Å². The van der Waals surface area contributed by atoms with Crippen LogP contribution in [0.15, 0.2) is 53.4 Å². The summed E-state index contributed by atoms with van der Waals surface area (Å²) in [5.41, 5.74) is 2.81. The third kappa shape index (κ3) is 3.89. The number of halogens is 1. The number of nitrogens with zero attached hydrogens (tertiary/aromatic N) is 1. The molecule has 1 aliphatic heterocycles. The molecular weight excluding hydrogens is 361 g/mol. The number of nitrogens with one attached hydrogen (secondary N) is 2. The van der Waals surface area contributed by atoms with Crippen molar-refractivity contribution in [3.05, 3.63) is 59.9 Å². The Balaban J connectivity index is 1.67. The monoisotopic (exact) mass is 377 g/mol. The van der Waals surface area contributed by atoms with E-state index in [0.717, 1.165) is 18.6 Å². The first-order valence-electron chi connectivity index (χ1n) is 7.85. The molecule has 26 heavy (non-hydrogen) atoms. The first-order valence-corrected chi connectivity index (χ1v) is 9.33. The van der Waals surface area contributed by atoms with E-state index in [1.54, 1.807) is 17.0 Å². The van der Waals surface area contributed by atoms with E-state index in [1.807, 2.05) is 4.83 Å². The number of amides is 2. The van der Waals surface area contributed by atoms with Crippen molar-refractivity contribution in [3.8, 4) is 0 Å². The highest BCUT2D eigenvalue weighted by molar-refractivity contribution is 7.89. The summed E-state index contributed by atoms with van der Waals surface area (Å²) in [4.78, 5) is 27.1. The third-order valence-electron chi connectivity index (χ3n) is 3.94. The Morgan fingerprint density at radius 3 is 2.27 bits per heavy atom. The molecule has 1 heterocycles. The van der Waals surface area contributed by atoms with E-state index in [4.69, 9.17) is 0 Å². The van der Waals surface area contributed by atoms with Crippen LogP contribution in [0.2, 0.25) is 0 Å². The van der Waals surface area contributed by atoms with Gasteiger partial charge in [-0.05, 0) is 55.0 Å². The average molecular weight is 377 g/mol. The van der Waals surface area contributed by atoms with Gasteiger partial charge in [-0.25, -0.2) is 12.8 Å². The maximum atomic E-state index is 12.8. The maximum Gasteiger partial charge on any atom is 0.266 e. The summed E-state index contributed by atoms with van der Waals surface area (Å²) in [6.07, 6.45) is 1.26. The molecule has 2 amide bonds. The lowest BCUT2D eigenvalue weighted by Crippen LogP contribution is -2.41. The summed E-state index contributed by atoms with van der Waals surface area (Å²) in [6.45, 7) is 0.608. The van der Waals surface area contributed by atoms with Gasteiger partial charge in [-0.15, -0.1) is 4.83 Å². The Morgan fingerprint density at radius 1 is 1.04 bits per heavy atom. The van der Waals surface area contributed by atoms with Gasteiger partial charge in [0.1, 0.15) is 5.82 Å². The minimum absolute atomic E-state index is 0.00490. The second-order valence-corrected chi connectivity index (χ2v) is 7.39. The van der Waals surface area contributed by atoms with Crippen molar-refractivity contribution in [2.75, 3.05) is 11.4 Å². The second-order valence-electron chi connectivity index (χ2n) is 5.71. The zero-order chi connectivity index (χ0) is 18.7. The third-order valence-corrected chi connectivity index (χ3v) is 5.20. The van der Waals surface area contributed by atoms with E-state index in [-0.39, 0.29) is 16.4 Å².